The zero-order valence-electron chi connectivity index (χ0n) is 14.6. The molecule has 0 aliphatic rings. The van der Waals surface area contributed by atoms with Crippen LogP contribution in [0.5, 0.6) is 0 Å². The molecule has 2 heterocycles. The molecule has 8 heteroatoms. The van der Waals surface area contributed by atoms with Gasteiger partial charge in [-0.15, -0.1) is 23.1 Å². The van der Waals surface area contributed by atoms with E-state index >= 15 is 0 Å². The zero-order chi connectivity index (χ0) is 18.8. The number of aromatic nitrogens is 2. The number of nitrogens with zero attached hydrogens (tertiary/aromatic N) is 1. The molecule has 0 saturated carbocycles. The van der Waals surface area contributed by atoms with Crippen LogP contribution in [-0.4, -0.2) is 21.1 Å². The van der Waals surface area contributed by atoms with Gasteiger partial charge < -0.3 is 10.3 Å². The number of fused-ring (bicyclic) bond motifs is 1. The van der Waals surface area contributed by atoms with Gasteiger partial charge >= 0.3 is 0 Å². The third-order valence-corrected chi connectivity index (χ3v) is 6.51. The summed E-state index contributed by atoms with van der Waals surface area (Å²) in [6.07, 6.45) is 0. The Hall–Kier alpha value is -1.83. The molecule has 0 radical (unpaired) electrons. The molecule has 0 aliphatic heterocycles. The molecule has 0 bridgehead atoms. The lowest BCUT2D eigenvalue weighted by atomic mass is 10.2. The molecular weight excluding hydrogens is 390 g/mol. The van der Waals surface area contributed by atoms with E-state index in [4.69, 9.17) is 11.6 Å². The molecule has 26 heavy (non-hydrogen) atoms. The lowest BCUT2D eigenvalue weighted by Crippen LogP contribution is -2.23. The van der Waals surface area contributed by atoms with Crippen molar-refractivity contribution in [3.05, 3.63) is 55.9 Å². The summed E-state index contributed by atoms with van der Waals surface area (Å²) in [5.74, 6) is 0.908. The Bertz CT molecular complexity index is 1030. The maximum absolute atomic E-state index is 12.3. The first-order valence-electron chi connectivity index (χ1n) is 8.02. The van der Waals surface area contributed by atoms with Gasteiger partial charge in [0.1, 0.15) is 10.7 Å². The highest BCUT2D eigenvalue weighted by molar-refractivity contribution is 7.99. The number of nitrogens with one attached hydrogen (secondary N) is 2. The third-order valence-electron chi connectivity index (χ3n) is 4.02. The van der Waals surface area contributed by atoms with Crippen molar-refractivity contribution in [2.45, 2.75) is 31.8 Å². The van der Waals surface area contributed by atoms with E-state index in [0.717, 1.165) is 15.3 Å². The largest absolute Gasteiger partial charge is 0.325 e. The van der Waals surface area contributed by atoms with E-state index in [1.807, 2.05) is 20.8 Å². The Balaban J connectivity index is 1.67. The number of aromatic amines is 1. The van der Waals surface area contributed by atoms with Gasteiger partial charge in [0.2, 0.25) is 5.91 Å². The van der Waals surface area contributed by atoms with Crippen molar-refractivity contribution in [1.29, 1.82) is 0 Å². The van der Waals surface area contributed by atoms with Gasteiger partial charge in [-0.05, 0) is 44.5 Å². The minimum absolute atomic E-state index is 0.122. The topological polar surface area (TPSA) is 74.8 Å². The van der Waals surface area contributed by atoms with E-state index in [9.17, 15) is 9.59 Å². The van der Waals surface area contributed by atoms with Gasteiger partial charge in [0.15, 0.2) is 0 Å². The van der Waals surface area contributed by atoms with E-state index in [1.54, 1.807) is 24.3 Å². The number of hydrogen-bond acceptors (Lipinski definition) is 5. The van der Waals surface area contributed by atoms with Crippen molar-refractivity contribution >= 4 is 56.5 Å². The Morgan fingerprint density at radius 3 is 2.92 bits per heavy atom. The average molecular weight is 408 g/mol. The molecule has 1 amide bonds. The van der Waals surface area contributed by atoms with Gasteiger partial charge in [0, 0.05) is 15.6 Å². The number of thioether (sulfide) groups is 1. The first-order chi connectivity index (χ1) is 12.3. The van der Waals surface area contributed by atoms with E-state index in [1.165, 1.54) is 23.1 Å². The van der Waals surface area contributed by atoms with Crippen LogP contribution in [0, 0.1) is 13.8 Å². The fourth-order valence-electron chi connectivity index (χ4n) is 2.46. The van der Waals surface area contributed by atoms with Gasteiger partial charge in [-0.3, -0.25) is 9.59 Å². The summed E-state index contributed by atoms with van der Waals surface area (Å²) in [4.78, 5) is 33.8. The van der Waals surface area contributed by atoms with Crippen molar-refractivity contribution in [1.82, 2.24) is 9.97 Å². The second-order valence-corrected chi connectivity index (χ2v) is 8.90. The number of rotatable bonds is 5. The monoisotopic (exact) mass is 407 g/mol. The summed E-state index contributed by atoms with van der Waals surface area (Å²) in [6.45, 7) is 5.74. The lowest BCUT2D eigenvalue weighted by molar-refractivity contribution is -0.115. The molecule has 1 aromatic carbocycles. The molecule has 0 spiro atoms. The maximum atomic E-state index is 12.3. The molecule has 1 atom stereocenters. The lowest BCUT2D eigenvalue weighted by Gasteiger charge is -2.12. The standard InChI is InChI=1S/C18H18ClN3O2S2/c1-9-10(2)26-18-15(9)17(24)21-14(22-18)8-25-11(3)16(23)20-13-6-4-5-12(19)7-13/h4-7,11H,8H2,1-3H3,(H,20,23)(H,21,22,24). The number of H-pyrrole nitrogens is 1. The number of amides is 1. The minimum Gasteiger partial charge on any atom is -0.325 e. The highest BCUT2D eigenvalue weighted by Crippen LogP contribution is 2.26. The molecule has 0 saturated heterocycles. The Labute approximate surface area is 164 Å². The smallest absolute Gasteiger partial charge is 0.259 e. The van der Waals surface area contributed by atoms with Gasteiger partial charge in [-0.2, -0.15) is 0 Å². The molecule has 5 nitrogen and oxygen atoms in total. The number of hydrogen-bond donors (Lipinski definition) is 2. The number of thiophene rings is 1. The zero-order valence-corrected chi connectivity index (χ0v) is 16.9. The Morgan fingerprint density at radius 2 is 2.19 bits per heavy atom. The fourth-order valence-corrected chi connectivity index (χ4v) is 4.45. The van der Waals surface area contributed by atoms with Crippen LogP contribution >= 0.6 is 34.7 Å². The number of benzene rings is 1. The van der Waals surface area contributed by atoms with E-state index in [-0.39, 0.29) is 16.7 Å². The van der Waals surface area contributed by atoms with Crippen molar-refractivity contribution in [2.75, 3.05) is 5.32 Å². The Kier molecular flexibility index (Phi) is 5.70. The normalized spacial score (nSPS) is 12.3. The first-order valence-corrected chi connectivity index (χ1v) is 10.3. The van der Waals surface area contributed by atoms with Gasteiger partial charge in [-0.1, -0.05) is 17.7 Å². The van der Waals surface area contributed by atoms with Crippen LogP contribution in [0.15, 0.2) is 29.1 Å². The third kappa shape index (κ3) is 4.11. The first kappa shape index (κ1) is 18.9. The second kappa shape index (κ2) is 7.82. The van der Waals surface area contributed by atoms with Crippen LogP contribution in [0.3, 0.4) is 0 Å². The molecular formula is C18H18ClN3O2S2. The quantitative estimate of drug-likeness (QED) is 0.652. The minimum atomic E-state index is -0.304. The summed E-state index contributed by atoms with van der Waals surface area (Å²) in [7, 11) is 0. The number of anilines is 1. The van der Waals surface area contributed by atoms with Crippen LogP contribution in [0.2, 0.25) is 5.02 Å². The van der Waals surface area contributed by atoms with Gasteiger partial charge in [0.25, 0.3) is 5.56 Å². The molecule has 136 valence electrons. The molecule has 0 fully saturated rings. The summed E-state index contributed by atoms with van der Waals surface area (Å²) >= 11 is 8.86. The molecule has 2 N–H and O–H groups in total. The summed E-state index contributed by atoms with van der Waals surface area (Å²) < 4.78 is 0. The van der Waals surface area contributed by atoms with Crippen LogP contribution in [-0.2, 0) is 10.5 Å². The molecule has 3 rings (SSSR count). The molecule has 3 aromatic rings. The average Bonchev–Trinajstić information content (AvgIpc) is 2.87. The fraction of sp³-hybridized carbons (Fsp3) is 0.278. The van der Waals surface area contributed by atoms with Crippen LogP contribution < -0.4 is 10.9 Å². The predicted molar refractivity (Wildman–Crippen MR) is 111 cm³/mol. The van der Waals surface area contributed by atoms with Gasteiger partial charge in [0.05, 0.1) is 16.4 Å². The van der Waals surface area contributed by atoms with Crippen molar-refractivity contribution in [2.24, 2.45) is 0 Å². The molecule has 2 aromatic heterocycles. The van der Waals surface area contributed by atoms with Crippen molar-refractivity contribution in [3.8, 4) is 0 Å². The maximum Gasteiger partial charge on any atom is 0.259 e. The molecule has 0 aliphatic carbocycles. The van der Waals surface area contributed by atoms with E-state index < -0.39 is 0 Å². The van der Waals surface area contributed by atoms with Crippen molar-refractivity contribution in [3.63, 3.8) is 0 Å². The summed E-state index contributed by atoms with van der Waals surface area (Å²) in [5, 5.41) is 3.76. The van der Waals surface area contributed by atoms with E-state index in [2.05, 4.69) is 15.3 Å². The SMILES string of the molecule is Cc1sc2nc(CSC(C)C(=O)Nc3cccc(Cl)c3)[nH]c(=O)c2c1C. The highest BCUT2D eigenvalue weighted by Gasteiger charge is 2.16. The van der Waals surface area contributed by atoms with Crippen LogP contribution in [0.4, 0.5) is 5.69 Å². The highest BCUT2D eigenvalue weighted by atomic mass is 35.5. The predicted octanol–water partition coefficient (Wildman–Crippen LogP) is 4.52. The van der Waals surface area contributed by atoms with Crippen molar-refractivity contribution < 1.29 is 4.79 Å². The summed E-state index contributed by atoms with van der Waals surface area (Å²) in [5.41, 5.74) is 1.52. The number of halogens is 1. The van der Waals surface area contributed by atoms with Gasteiger partial charge in [-0.25, -0.2) is 4.98 Å². The second-order valence-electron chi connectivity index (χ2n) is 5.93. The number of aryl methyl sites for hydroxylation is 2. The number of carbonyl (C=O) groups excluding carboxylic acids is 1. The van der Waals surface area contributed by atoms with E-state index in [0.29, 0.717) is 27.7 Å². The van der Waals surface area contributed by atoms with Crippen LogP contribution in [0.1, 0.15) is 23.2 Å². The molecule has 1 unspecified atom stereocenters. The summed E-state index contributed by atoms with van der Waals surface area (Å²) in [6, 6.07) is 7.02. The van der Waals surface area contributed by atoms with Crippen LogP contribution in [0.25, 0.3) is 10.2 Å². The Morgan fingerprint density at radius 1 is 1.42 bits per heavy atom. The number of carbonyl (C=O) groups is 1.